The van der Waals surface area contributed by atoms with Crippen LogP contribution in [-0.4, -0.2) is 0 Å². The van der Waals surface area contributed by atoms with Gasteiger partial charge in [0.15, 0.2) is 0 Å². The van der Waals surface area contributed by atoms with Gasteiger partial charge in [0.2, 0.25) is 0 Å². The van der Waals surface area contributed by atoms with Crippen molar-refractivity contribution in [3.05, 3.63) is 64.2 Å². The molecule has 0 heterocycles. The Morgan fingerprint density at radius 2 is 1.64 bits per heavy atom. The van der Waals surface area contributed by atoms with Gasteiger partial charge in [0.05, 0.1) is 11.1 Å². The van der Waals surface area contributed by atoms with E-state index in [1.54, 1.807) is 19.1 Å². The highest BCUT2D eigenvalue weighted by atomic mass is 19.4. The second-order valence-corrected chi connectivity index (χ2v) is 4.64. The smallest absolute Gasteiger partial charge is 0.398 e. The number of nitrogen functional groups attached to an aromatic ring is 1. The van der Waals surface area contributed by atoms with E-state index in [9.17, 15) is 13.2 Å². The minimum atomic E-state index is -4.36. The van der Waals surface area contributed by atoms with Crippen LogP contribution in [0.5, 0.6) is 0 Å². The normalized spacial score (nSPS) is 10.5. The lowest BCUT2D eigenvalue weighted by Gasteiger charge is -2.05. The third-order valence-electron chi connectivity index (χ3n) is 3.16. The summed E-state index contributed by atoms with van der Waals surface area (Å²) in [6.45, 7) is 1.73. The summed E-state index contributed by atoms with van der Waals surface area (Å²) in [5, 5.41) is 9.03. The molecule has 0 radical (unpaired) electrons. The lowest BCUT2D eigenvalue weighted by atomic mass is 10.0. The molecule has 0 aliphatic heterocycles. The van der Waals surface area contributed by atoms with Gasteiger partial charge in [-0.05, 0) is 48.9 Å². The highest BCUT2D eigenvalue weighted by Crippen LogP contribution is 2.29. The maximum absolute atomic E-state index is 12.5. The summed E-state index contributed by atoms with van der Waals surface area (Å²) in [6.07, 6.45) is -4.36. The molecule has 2 rings (SSSR count). The molecule has 0 aliphatic rings. The number of alkyl halides is 3. The standard InChI is InChI=1S/C17H11F3N2/c1-11-13(6-9-16(22)15(11)10-21)5-2-12-3-7-14(8-4-12)17(18,19)20/h3-4,6-9H,22H2,1H3. The molecule has 0 bridgehead atoms. The van der Waals surface area contributed by atoms with E-state index >= 15 is 0 Å². The molecular weight excluding hydrogens is 289 g/mol. The first-order valence-electron chi connectivity index (χ1n) is 6.31. The zero-order valence-corrected chi connectivity index (χ0v) is 11.6. The summed E-state index contributed by atoms with van der Waals surface area (Å²) in [5.41, 5.74) is 7.44. The van der Waals surface area contributed by atoms with Crippen LogP contribution in [0.1, 0.15) is 27.8 Å². The fraction of sp³-hybridized carbons (Fsp3) is 0.118. The average molecular weight is 300 g/mol. The molecule has 0 saturated heterocycles. The van der Waals surface area contributed by atoms with Crippen LogP contribution in [0.3, 0.4) is 0 Å². The summed E-state index contributed by atoms with van der Waals surface area (Å²) < 4.78 is 37.4. The summed E-state index contributed by atoms with van der Waals surface area (Å²) in [5.74, 6) is 5.64. The molecule has 0 aliphatic carbocycles. The Labute approximate surface area is 126 Å². The van der Waals surface area contributed by atoms with Gasteiger partial charge in [0.25, 0.3) is 0 Å². The predicted molar refractivity (Wildman–Crippen MR) is 77.7 cm³/mol. The van der Waals surface area contributed by atoms with E-state index in [4.69, 9.17) is 11.0 Å². The van der Waals surface area contributed by atoms with E-state index in [2.05, 4.69) is 11.8 Å². The highest BCUT2D eigenvalue weighted by Gasteiger charge is 2.29. The molecule has 0 spiro atoms. The van der Waals surface area contributed by atoms with Gasteiger partial charge < -0.3 is 5.73 Å². The van der Waals surface area contributed by atoms with Gasteiger partial charge in [0, 0.05) is 16.8 Å². The van der Waals surface area contributed by atoms with Crippen molar-refractivity contribution in [2.45, 2.75) is 13.1 Å². The average Bonchev–Trinajstić information content (AvgIpc) is 2.46. The molecule has 2 nitrogen and oxygen atoms in total. The first kappa shape index (κ1) is 15.5. The van der Waals surface area contributed by atoms with Crippen molar-refractivity contribution in [2.24, 2.45) is 0 Å². The molecule has 5 heteroatoms. The molecule has 0 unspecified atom stereocenters. The van der Waals surface area contributed by atoms with Crippen molar-refractivity contribution >= 4 is 5.69 Å². The van der Waals surface area contributed by atoms with Crippen LogP contribution in [0.4, 0.5) is 18.9 Å². The Morgan fingerprint density at radius 3 is 2.18 bits per heavy atom. The first-order valence-corrected chi connectivity index (χ1v) is 6.31. The van der Waals surface area contributed by atoms with Crippen molar-refractivity contribution in [1.82, 2.24) is 0 Å². The highest BCUT2D eigenvalue weighted by molar-refractivity contribution is 5.63. The van der Waals surface area contributed by atoms with Gasteiger partial charge >= 0.3 is 6.18 Å². The van der Waals surface area contributed by atoms with Crippen LogP contribution in [0, 0.1) is 30.1 Å². The molecular formula is C17H11F3N2. The molecule has 0 atom stereocenters. The summed E-state index contributed by atoms with van der Waals surface area (Å²) >= 11 is 0. The van der Waals surface area contributed by atoms with Crippen molar-refractivity contribution in [3.63, 3.8) is 0 Å². The number of rotatable bonds is 0. The third kappa shape index (κ3) is 3.21. The topological polar surface area (TPSA) is 49.8 Å². The molecule has 0 saturated carbocycles. The number of nitriles is 1. The Balaban J connectivity index is 2.34. The van der Waals surface area contributed by atoms with E-state index in [0.29, 0.717) is 27.9 Å². The van der Waals surface area contributed by atoms with E-state index in [1.807, 2.05) is 6.07 Å². The Hall–Kier alpha value is -2.92. The number of hydrogen-bond acceptors (Lipinski definition) is 2. The lowest BCUT2D eigenvalue weighted by Crippen LogP contribution is -2.04. The van der Waals surface area contributed by atoms with E-state index in [1.165, 1.54) is 12.1 Å². The quantitative estimate of drug-likeness (QED) is 0.593. The Morgan fingerprint density at radius 1 is 1.00 bits per heavy atom. The van der Waals surface area contributed by atoms with E-state index < -0.39 is 11.7 Å². The van der Waals surface area contributed by atoms with Gasteiger partial charge in [-0.15, -0.1) is 0 Å². The fourth-order valence-corrected chi connectivity index (χ4v) is 1.90. The van der Waals surface area contributed by atoms with Crippen molar-refractivity contribution in [3.8, 4) is 17.9 Å². The molecule has 110 valence electrons. The van der Waals surface area contributed by atoms with Gasteiger partial charge in [-0.3, -0.25) is 0 Å². The van der Waals surface area contributed by atoms with Crippen LogP contribution >= 0.6 is 0 Å². The van der Waals surface area contributed by atoms with Gasteiger partial charge in [-0.25, -0.2) is 0 Å². The maximum atomic E-state index is 12.5. The monoisotopic (exact) mass is 300 g/mol. The largest absolute Gasteiger partial charge is 0.416 e. The number of halogens is 3. The van der Waals surface area contributed by atoms with Gasteiger partial charge in [-0.1, -0.05) is 11.8 Å². The minimum absolute atomic E-state index is 0.360. The lowest BCUT2D eigenvalue weighted by molar-refractivity contribution is -0.137. The first-order chi connectivity index (χ1) is 10.3. The van der Waals surface area contributed by atoms with Crippen LogP contribution in [0.25, 0.3) is 0 Å². The summed E-state index contributed by atoms with van der Waals surface area (Å²) in [4.78, 5) is 0. The van der Waals surface area contributed by atoms with Crippen LogP contribution in [-0.2, 0) is 6.18 Å². The van der Waals surface area contributed by atoms with Gasteiger partial charge in [0.1, 0.15) is 6.07 Å². The number of benzene rings is 2. The SMILES string of the molecule is Cc1c(C#Cc2ccc(C(F)(F)F)cc2)ccc(N)c1C#N. The molecule has 2 aromatic rings. The van der Waals surface area contributed by atoms with Crippen LogP contribution in [0.2, 0.25) is 0 Å². The number of hydrogen-bond donors (Lipinski definition) is 1. The Kier molecular flexibility index (Phi) is 4.10. The van der Waals surface area contributed by atoms with Crippen molar-refractivity contribution in [1.29, 1.82) is 5.26 Å². The second kappa shape index (κ2) is 5.83. The Bertz CT molecular complexity index is 801. The zero-order valence-electron chi connectivity index (χ0n) is 11.6. The molecule has 2 aromatic carbocycles. The maximum Gasteiger partial charge on any atom is 0.416 e. The van der Waals surface area contributed by atoms with Crippen LogP contribution < -0.4 is 5.73 Å². The minimum Gasteiger partial charge on any atom is -0.398 e. The molecule has 2 N–H and O–H groups in total. The van der Waals surface area contributed by atoms with Crippen molar-refractivity contribution in [2.75, 3.05) is 5.73 Å². The van der Waals surface area contributed by atoms with E-state index in [-0.39, 0.29) is 0 Å². The van der Waals surface area contributed by atoms with Crippen LogP contribution in [0.15, 0.2) is 36.4 Å². The number of anilines is 1. The summed E-state index contributed by atoms with van der Waals surface area (Å²) in [7, 11) is 0. The molecule has 0 amide bonds. The second-order valence-electron chi connectivity index (χ2n) is 4.64. The predicted octanol–water partition coefficient (Wildman–Crippen LogP) is 3.87. The molecule has 22 heavy (non-hydrogen) atoms. The number of nitrogens with zero attached hydrogens (tertiary/aromatic N) is 1. The number of nitrogens with two attached hydrogens (primary N) is 1. The molecule has 0 aromatic heterocycles. The summed E-state index contributed by atoms with van der Waals surface area (Å²) in [6, 6.07) is 9.88. The fourth-order valence-electron chi connectivity index (χ4n) is 1.90. The van der Waals surface area contributed by atoms with E-state index in [0.717, 1.165) is 12.1 Å². The third-order valence-corrected chi connectivity index (χ3v) is 3.16. The zero-order chi connectivity index (χ0) is 16.3. The molecule has 0 fully saturated rings. The van der Waals surface area contributed by atoms with Crippen molar-refractivity contribution < 1.29 is 13.2 Å². The van der Waals surface area contributed by atoms with Gasteiger partial charge in [-0.2, -0.15) is 18.4 Å².